The summed E-state index contributed by atoms with van der Waals surface area (Å²) >= 11 is 0. The zero-order valence-electron chi connectivity index (χ0n) is 13.4. The molecule has 0 aliphatic carbocycles. The molecule has 0 amide bonds. The maximum Gasteiger partial charge on any atom is 0.331 e. The zero-order valence-corrected chi connectivity index (χ0v) is 13.4. The van der Waals surface area contributed by atoms with Crippen LogP contribution in [0.1, 0.15) is 26.2 Å². The summed E-state index contributed by atoms with van der Waals surface area (Å²) in [5.41, 5.74) is 0. The Hall–Kier alpha value is -2.83. The number of unbranched alkanes of at least 4 members (excludes halogenated alkanes) is 1. The van der Waals surface area contributed by atoms with Crippen molar-refractivity contribution in [3.8, 4) is 11.5 Å². The summed E-state index contributed by atoms with van der Waals surface area (Å²) in [6.45, 7) is 2.04. The minimum atomic E-state index is -0.644. The van der Waals surface area contributed by atoms with Gasteiger partial charge in [-0.3, -0.25) is 4.79 Å². The fourth-order valence-electron chi connectivity index (χ4n) is 1.62. The number of carbonyl (C=O) groups excluding carboxylic acids is 3. The third kappa shape index (κ3) is 8.57. The van der Waals surface area contributed by atoms with E-state index in [0.29, 0.717) is 18.6 Å². The lowest BCUT2D eigenvalue weighted by Crippen LogP contribution is -2.09. The van der Waals surface area contributed by atoms with Crippen molar-refractivity contribution < 1.29 is 33.7 Å². The van der Waals surface area contributed by atoms with Crippen LogP contribution in [0.2, 0.25) is 0 Å². The second-order valence-electron chi connectivity index (χ2n) is 4.68. The van der Waals surface area contributed by atoms with Crippen molar-refractivity contribution in [1.29, 1.82) is 0 Å². The number of phenols is 1. The highest BCUT2D eigenvalue weighted by atomic mass is 16.5. The number of rotatable bonds is 9. The molecule has 7 heteroatoms. The molecule has 1 aromatic rings. The van der Waals surface area contributed by atoms with Gasteiger partial charge in [-0.25, -0.2) is 9.59 Å². The van der Waals surface area contributed by atoms with Gasteiger partial charge in [0.25, 0.3) is 0 Å². The van der Waals surface area contributed by atoms with E-state index in [1.54, 1.807) is 6.92 Å². The Morgan fingerprint density at radius 3 is 2.25 bits per heavy atom. The Morgan fingerprint density at radius 2 is 1.62 bits per heavy atom. The number of benzene rings is 1. The van der Waals surface area contributed by atoms with Gasteiger partial charge in [0, 0.05) is 18.6 Å². The molecular weight excluding hydrogens is 316 g/mol. The molecule has 0 fully saturated rings. The van der Waals surface area contributed by atoms with Crippen molar-refractivity contribution in [3.63, 3.8) is 0 Å². The number of hydrogen-bond acceptors (Lipinski definition) is 7. The summed E-state index contributed by atoms with van der Waals surface area (Å²) in [6.07, 6.45) is 3.16. The lowest BCUT2D eigenvalue weighted by molar-refractivity contribution is -0.140. The fraction of sp³-hybridized carbons (Fsp3) is 0.353. The summed E-state index contributed by atoms with van der Waals surface area (Å²) < 4.78 is 14.6. The molecule has 0 aliphatic heterocycles. The number of phenolic OH excluding ortho intramolecular Hbond substituents is 1. The molecule has 0 atom stereocenters. The van der Waals surface area contributed by atoms with E-state index in [9.17, 15) is 14.4 Å². The zero-order chi connectivity index (χ0) is 17.8. The average molecular weight is 336 g/mol. The highest BCUT2D eigenvalue weighted by Gasteiger charge is 2.05. The molecule has 0 saturated carbocycles. The molecule has 0 radical (unpaired) electrons. The van der Waals surface area contributed by atoms with Gasteiger partial charge in [0.05, 0.1) is 13.2 Å². The third-order valence-electron chi connectivity index (χ3n) is 2.73. The quantitative estimate of drug-likeness (QED) is 0.319. The third-order valence-corrected chi connectivity index (χ3v) is 2.73. The monoisotopic (exact) mass is 336 g/mol. The minimum Gasteiger partial charge on any atom is -0.508 e. The molecule has 7 nitrogen and oxygen atoms in total. The van der Waals surface area contributed by atoms with Crippen molar-refractivity contribution in [1.82, 2.24) is 0 Å². The van der Waals surface area contributed by atoms with Crippen molar-refractivity contribution >= 4 is 17.9 Å². The molecule has 1 aromatic carbocycles. The molecule has 0 aromatic heterocycles. The first-order valence-corrected chi connectivity index (χ1v) is 7.52. The normalized spacial score (nSPS) is 10.4. The molecule has 0 saturated heterocycles. The first-order chi connectivity index (χ1) is 11.5. The summed E-state index contributed by atoms with van der Waals surface area (Å²) in [5.74, 6) is -1.21. The average Bonchev–Trinajstić information content (AvgIpc) is 2.55. The Morgan fingerprint density at radius 1 is 1.00 bits per heavy atom. The van der Waals surface area contributed by atoms with E-state index in [1.807, 2.05) is 0 Å². The van der Waals surface area contributed by atoms with Crippen LogP contribution in [0, 0.1) is 0 Å². The molecular formula is C17H20O7. The Balaban J connectivity index is 2.12. The molecule has 0 aliphatic rings. The predicted molar refractivity (Wildman–Crippen MR) is 84.3 cm³/mol. The topological polar surface area (TPSA) is 99.1 Å². The molecule has 130 valence electrons. The lowest BCUT2D eigenvalue weighted by atomic mass is 10.2. The van der Waals surface area contributed by atoms with E-state index in [4.69, 9.17) is 14.6 Å². The number of hydrogen-bond donors (Lipinski definition) is 1. The van der Waals surface area contributed by atoms with Gasteiger partial charge in [-0.1, -0.05) is 0 Å². The van der Waals surface area contributed by atoms with Crippen LogP contribution >= 0.6 is 0 Å². The molecule has 0 bridgehead atoms. The second kappa shape index (κ2) is 10.8. The van der Waals surface area contributed by atoms with Crippen LogP contribution < -0.4 is 4.74 Å². The van der Waals surface area contributed by atoms with Crippen molar-refractivity contribution in [2.24, 2.45) is 0 Å². The second-order valence-corrected chi connectivity index (χ2v) is 4.68. The smallest absolute Gasteiger partial charge is 0.331 e. The van der Waals surface area contributed by atoms with Crippen LogP contribution in [0.4, 0.5) is 0 Å². The van der Waals surface area contributed by atoms with Crippen LogP contribution in [0.5, 0.6) is 11.5 Å². The molecule has 1 rings (SSSR count). The van der Waals surface area contributed by atoms with E-state index in [0.717, 1.165) is 12.2 Å². The molecule has 0 spiro atoms. The summed E-state index contributed by atoms with van der Waals surface area (Å²) in [6, 6.07) is 5.83. The standard InChI is InChI=1S/C17H20O7/c1-2-22-15(19)10-11-16(20)23-12-4-3-5-17(21)24-14-8-6-13(18)7-9-14/h6-11,18H,2-5,12H2,1H3/b11-10-. The molecule has 24 heavy (non-hydrogen) atoms. The number of carbonyl (C=O) groups is 3. The Bertz CT molecular complexity index is 575. The highest BCUT2D eigenvalue weighted by molar-refractivity contribution is 5.91. The van der Waals surface area contributed by atoms with Gasteiger partial charge in [-0.15, -0.1) is 0 Å². The van der Waals surface area contributed by atoms with Gasteiger partial charge in [-0.05, 0) is 44.0 Å². The molecule has 1 N–H and O–H groups in total. The highest BCUT2D eigenvalue weighted by Crippen LogP contribution is 2.16. The van der Waals surface area contributed by atoms with E-state index >= 15 is 0 Å². The number of ether oxygens (including phenoxy) is 3. The van der Waals surface area contributed by atoms with Crippen molar-refractivity contribution in [2.75, 3.05) is 13.2 Å². The van der Waals surface area contributed by atoms with Crippen molar-refractivity contribution in [3.05, 3.63) is 36.4 Å². The first-order valence-electron chi connectivity index (χ1n) is 7.52. The van der Waals surface area contributed by atoms with Gasteiger partial charge >= 0.3 is 17.9 Å². The predicted octanol–water partition coefficient (Wildman–Crippen LogP) is 2.13. The fourth-order valence-corrected chi connectivity index (χ4v) is 1.62. The van der Waals surface area contributed by atoms with Gasteiger partial charge in [0.2, 0.25) is 0 Å². The van der Waals surface area contributed by atoms with Crippen LogP contribution in [-0.4, -0.2) is 36.2 Å². The maximum atomic E-state index is 11.6. The van der Waals surface area contributed by atoms with Crippen molar-refractivity contribution in [2.45, 2.75) is 26.2 Å². The molecule has 0 heterocycles. The van der Waals surface area contributed by atoms with E-state index in [2.05, 4.69) is 4.74 Å². The summed E-state index contributed by atoms with van der Waals surface area (Å²) in [5, 5.41) is 9.12. The van der Waals surface area contributed by atoms with Gasteiger partial charge in [0.1, 0.15) is 11.5 Å². The minimum absolute atomic E-state index is 0.0913. The van der Waals surface area contributed by atoms with Gasteiger partial charge in [-0.2, -0.15) is 0 Å². The van der Waals surface area contributed by atoms with E-state index in [1.165, 1.54) is 24.3 Å². The largest absolute Gasteiger partial charge is 0.508 e. The number of esters is 3. The number of aromatic hydroxyl groups is 1. The van der Waals surface area contributed by atoms with Crippen LogP contribution in [0.15, 0.2) is 36.4 Å². The van der Waals surface area contributed by atoms with E-state index < -0.39 is 17.9 Å². The molecule has 0 unspecified atom stereocenters. The van der Waals surface area contributed by atoms with E-state index in [-0.39, 0.29) is 25.4 Å². The van der Waals surface area contributed by atoms with Crippen LogP contribution in [0.3, 0.4) is 0 Å². The SMILES string of the molecule is CCOC(=O)/C=C\C(=O)OCCCCC(=O)Oc1ccc(O)cc1. The Labute approximate surface area is 139 Å². The summed E-state index contributed by atoms with van der Waals surface area (Å²) in [4.78, 5) is 33.9. The van der Waals surface area contributed by atoms with Gasteiger partial charge in [0.15, 0.2) is 0 Å². The van der Waals surface area contributed by atoms with Crippen LogP contribution in [-0.2, 0) is 23.9 Å². The van der Waals surface area contributed by atoms with Gasteiger partial charge < -0.3 is 19.3 Å². The summed E-state index contributed by atoms with van der Waals surface area (Å²) in [7, 11) is 0. The first kappa shape index (κ1) is 19.2. The van der Waals surface area contributed by atoms with Crippen LogP contribution in [0.25, 0.3) is 0 Å². The maximum absolute atomic E-state index is 11.6. The Kier molecular flexibility index (Phi) is 8.67. The lowest BCUT2D eigenvalue weighted by Gasteiger charge is -2.04.